The number of aromatic amines is 2. The van der Waals surface area contributed by atoms with Crippen LogP contribution in [0.1, 0.15) is 10.5 Å². The molecule has 0 saturated carbocycles. The predicted molar refractivity (Wildman–Crippen MR) is 65.8 cm³/mol. The molecule has 0 atom stereocenters. The maximum Gasteiger partial charge on any atom is 0.273 e. The Bertz CT molecular complexity index is 618. The van der Waals surface area contributed by atoms with E-state index in [1.54, 1.807) is 18.2 Å². The lowest BCUT2D eigenvalue weighted by Crippen LogP contribution is -2.12. The van der Waals surface area contributed by atoms with Gasteiger partial charge < -0.3 is 5.32 Å². The summed E-state index contributed by atoms with van der Waals surface area (Å²) in [5.74, 6) is -0.479. The van der Waals surface area contributed by atoms with Crippen molar-refractivity contribution in [2.24, 2.45) is 0 Å². The fraction of sp³-hybridized carbons (Fsp3) is 0. The molecule has 3 N–H and O–H groups in total. The fourth-order valence-electron chi connectivity index (χ4n) is 1.24. The van der Waals surface area contributed by atoms with Crippen molar-refractivity contribution in [3.63, 3.8) is 0 Å². The predicted octanol–water partition coefficient (Wildman–Crippen LogP) is 2.26. The zero-order valence-corrected chi connectivity index (χ0v) is 9.89. The fourth-order valence-corrected chi connectivity index (χ4v) is 1.59. The first kappa shape index (κ1) is 11.8. The van der Waals surface area contributed by atoms with Crippen LogP contribution in [0.4, 0.5) is 5.69 Å². The van der Waals surface area contributed by atoms with Gasteiger partial charge in [0.05, 0.1) is 15.7 Å². The summed E-state index contributed by atoms with van der Waals surface area (Å²) in [6.45, 7) is 0. The standard InChI is InChI=1S/C10H7Cl2N3O2/c11-5-2-1-3-6(9(5)12)13-10(17)7-4-8(16)15-14-7/h1-4H,(H,13,17)(H2,14,15,16). The van der Waals surface area contributed by atoms with Gasteiger partial charge in [-0.05, 0) is 12.1 Å². The number of nitrogens with one attached hydrogen (secondary N) is 3. The van der Waals surface area contributed by atoms with E-state index in [-0.39, 0.29) is 16.3 Å². The molecule has 0 radical (unpaired) electrons. The minimum atomic E-state index is -0.479. The molecule has 5 nitrogen and oxygen atoms in total. The number of hydrogen-bond donors (Lipinski definition) is 3. The van der Waals surface area contributed by atoms with Crippen LogP contribution < -0.4 is 10.9 Å². The van der Waals surface area contributed by atoms with Crippen molar-refractivity contribution >= 4 is 34.8 Å². The summed E-state index contributed by atoms with van der Waals surface area (Å²) >= 11 is 11.7. The van der Waals surface area contributed by atoms with Gasteiger partial charge >= 0.3 is 0 Å². The molecule has 0 bridgehead atoms. The van der Waals surface area contributed by atoms with Crippen LogP contribution >= 0.6 is 23.2 Å². The molecule has 0 aliphatic heterocycles. The van der Waals surface area contributed by atoms with Crippen LogP contribution in [-0.4, -0.2) is 16.1 Å². The highest BCUT2D eigenvalue weighted by Gasteiger charge is 2.11. The summed E-state index contributed by atoms with van der Waals surface area (Å²) in [5.41, 5.74) is 0.115. The van der Waals surface area contributed by atoms with Crippen LogP contribution in [0, 0.1) is 0 Å². The first-order chi connectivity index (χ1) is 8.08. The number of hydrogen-bond acceptors (Lipinski definition) is 2. The van der Waals surface area contributed by atoms with Crippen molar-refractivity contribution in [3.05, 3.63) is 50.4 Å². The molecule has 2 aromatic rings. The van der Waals surface area contributed by atoms with Gasteiger partial charge in [-0.3, -0.25) is 19.8 Å². The number of anilines is 1. The maximum absolute atomic E-state index is 11.7. The van der Waals surface area contributed by atoms with Crippen LogP contribution in [-0.2, 0) is 0 Å². The average Bonchev–Trinajstić information content (AvgIpc) is 2.72. The Kier molecular flexibility index (Phi) is 3.21. The highest BCUT2D eigenvalue weighted by molar-refractivity contribution is 6.44. The van der Waals surface area contributed by atoms with E-state index in [1.807, 2.05) is 0 Å². The van der Waals surface area contributed by atoms with Gasteiger partial charge in [0, 0.05) is 6.07 Å². The van der Waals surface area contributed by atoms with Gasteiger partial charge in [-0.2, -0.15) is 0 Å². The molecular weight excluding hydrogens is 265 g/mol. The second-order valence-electron chi connectivity index (χ2n) is 3.23. The van der Waals surface area contributed by atoms with Crippen LogP contribution in [0.3, 0.4) is 0 Å². The Labute approximate surface area is 106 Å². The zero-order chi connectivity index (χ0) is 12.4. The molecule has 0 spiro atoms. The second kappa shape index (κ2) is 4.65. The van der Waals surface area contributed by atoms with Gasteiger partial charge in [0.15, 0.2) is 0 Å². The summed E-state index contributed by atoms with van der Waals surface area (Å²) in [7, 11) is 0. The molecule has 2 rings (SSSR count). The lowest BCUT2D eigenvalue weighted by atomic mass is 10.3. The number of H-pyrrole nitrogens is 2. The van der Waals surface area contributed by atoms with Crippen molar-refractivity contribution in [1.29, 1.82) is 0 Å². The monoisotopic (exact) mass is 271 g/mol. The Morgan fingerprint density at radius 3 is 2.65 bits per heavy atom. The van der Waals surface area contributed by atoms with Gasteiger partial charge in [-0.15, -0.1) is 0 Å². The molecule has 1 aromatic carbocycles. The van der Waals surface area contributed by atoms with Crippen LogP contribution in [0.15, 0.2) is 29.1 Å². The van der Waals surface area contributed by atoms with E-state index >= 15 is 0 Å². The molecule has 0 aliphatic carbocycles. The van der Waals surface area contributed by atoms with Crippen molar-refractivity contribution in [2.45, 2.75) is 0 Å². The number of carbonyl (C=O) groups excluding carboxylic acids is 1. The first-order valence-electron chi connectivity index (χ1n) is 4.61. The summed E-state index contributed by atoms with van der Waals surface area (Å²) in [5, 5.41) is 7.82. The molecule has 1 aromatic heterocycles. The van der Waals surface area contributed by atoms with E-state index < -0.39 is 5.91 Å². The zero-order valence-electron chi connectivity index (χ0n) is 8.38. The molecule has 1 amide bonds. The molecule has 0 aliphatic rings. The number of benzene rings is 1. The summed E-state index contributed by atoms with van der Waals surface area (Å²) in [6, 6.07) is 6.02. The van der Waals surface area contributed by atoms with E-state index in [0.29, 0.717) is 10.7 Å². The normalized spacial score (nSPS) is 10.2. The quantitative estimate of drug-likeness (QED) is 0.784. The van der Waals surface area contributed by atoms with Crippen molar-refractivity contribution in [2.75, 3.05) is 5.32 Å². The van der Waals surface area contributed by atoms with E-state index in [0.717, 1.165) is 6.07 Å². The second-order valence-corrected chi connectivity index (χ2v) is 4.01. The molecule has 1 heterocycles. The SMILES string of the molecule is O=C(Nc1cccc(Cl)c1Cl)c1cc(=O)[nH][nH]1. The number of carbonyl (C=O) groups is 1. The molecule has 88 valence electrons. The third-order valence-corrected chi connectivity index (χ3v) is 2.86. The van der Waals surface area contributed by atoms with Crippen LogP contribution in [0.25, 0.3) is 0 Å². The summed E-state index contributed by atoms with van der Waals surface area (Å²) < 4.78 is 0. The van der Waals surface area contributed by atoms with Gasteiger partial charge in [0.2, 0.25) is 0 Å². The smallest absolute Gasteiger partial charge is 0.273 e. The molecule has 0 unspecified atom stereocenters. The Hall–Kier alpha value is -1.72. The van der Waals surface area contributed by atoms with E-state index in [4.69, 9.17) is 23.2 Å². The number of amides is 1. The van der Waals surface area contributed by atoms with Gasteiger partial charge in [-0.1, -0.05) is 29.3 Å². The molecule has 7 heteroatoms. The first-order valence-corrected chi connectivity index (χ1v) is 5.36. The Morgan fingerprint density at radius 1 is 1.24 bits per heavy atom. The van der Waals surface area contributed by atoms with Crippen molar-refractivity contribution < 1.29 is 4.79 Å². The molecular formula is C10H7Cl2N3O2. The van der Waals surface area contributed by atoms with E-state index in [9.17, 15) is 9.59 Å². The van der Waals surface area contributed by atoms with Gasteiger partial charge in [-0.25, -0.2) is 0 Å². The number of aromatic nitrogens is 2. The molecule has 17 heavy (non-hydrogen) atoms. The number of halogens is 2. The third kappa shape index (κ3) is 2.51. The van der Waals surface area contributed by atoms with Gasteiger partial charge in [0.1, 0.15) is 5.69 Å². The topological polar surface area (TPSA) is 77.8 Å². The lowest BCUT2D eigenvalue weighted by molar-refractivity contribution is 0.102. The van der Waals surface area contributed by atoms with Crippen molar-refractivity contribution in [1.82, 2.24) is 10.2 Å². The minimum Gasteiger partial charge on any atom is -0.319 e. The van der Waals surface area contributed by atoms with Crippen LogP contribution in [0.2, 0.25) is 10.0 Å². The third-order valence-electron chi connectivity index (χ3n) is 2.04. The summed E-state index contributed by atoms with van der Waals surface area (Å²) in [4.78, 5) is 22.5. The average molecular weight is 272 g/mol. The largest absolute Gasteiger partial charge is 0.319 e. The Balaban J connectivity index is 2.24. The van der Waals surface area contributed by atoms with Gasteiger partial charge in [0.25, 0.3) is 11.5 Å². The minimum absolute atomic E-state index is 0.117. The summed E-state index contributed by atoms with van der Waals surface area (Å²) in [6.07, 6.45) is 0. The molecule has 0 saturated heterocycles. The highest BCUT2D eigenvalue weighted by atomic mass is 35.5. The maximum atomic E-state index is 11.7. The van der Waals surface area contributed by atoms with Crippen LogP contribution in [0.5, 0.6) is 0 Å². The molecule has 0 fully saturated rings. The van der Waals surface area contributed by atoms with E-state index in [1.165, 1.54) is 0 Å². The Morgan fingerprint density at radius 2 is 2.00 bits per heavy atom. The lowest BCUT2D eigenvalue weighted by Gasteiger charge is -2.06. The highest BCUT2D eigenvalue weighted by Crippen LogP contribution is 2.29. The van der Waals surface area contributed by atoms with E-state index in [2.05, 4.69) is 15.5 Å². The number of rotatable bonds is 2. The van der Waals surface area contributed by atoms with Crippen molar-refractivity contribution in [3.8, 4) is 0 Å².